The third-order valence-electron chi connectivity index (χ3n) is 4.34. The molecular formula is C14H23ClN4OS. The van der Waals surface area contributed by atoms with Gasteiger partial charge in [-0.15, -0.1) is 22.6 Å². The van der Waals surface area contributed by atoms with Crippen molar-refractivity contribution >= 4 is 34.8 Å². The fraction of sp³-hybridized carbons (Fsp3) is 0.786. The van der Waals surface area contributed by atoms with Crippen LogP contribution in [0.3, 0.4) is 0 Å². The second-order valence-corrected chi connectivity index (χ2v) is 6.91. The van der Waals surface area contributed by atoms with Crippen LogP contribution in [0.15, 0.2) is 0 Å². The van der Waals surface area contributed by atoms with Crippen LogP contribution in [0.5, 0.6) is 0 Å². The van der Waals surface area contributed by atoms with Gasteiger partial charge in [0.05, 0.1) is 6.04 Å². The molecule has 1 aliphatic carbocycles. The lowest BCUT2D eigenvalue weighted by Gasteiger charge is -2.24. The molecule has 0 spiro atoms. The summed E-state index contributed by atoms with van der Waals surface area (Å²) in [6.45, 7) is 2.11. The van der Waals surface area contributed by atoms with Gasteiger partial charge in [-0.3, -0.25) is 10.1 Å². The Labute approximate surface area is 135 Å². The number of nitrogens with one attached hydrogen (secondary N) is 2. The number of hydrogen-bond acceptors (Lipinski definition) is 5. The lowest BCUT2D eigenvalue weighted by molar-refractivity contribution is -0.117. The summed E-state index contributed by atoms with van der Waals surface area (Å²) in [4.78, 5) is 12.3. The number of aromatic nitrogens is 2. The molecule has 2 heterocycles. The number of fused-ring (bicyclic) bond motifs is 1. The van der Waals surface area contributed by atoms with Crippen molar-refractivity contribution in [3.63, 3.8) is 0 Å². The van der Waals surface area contributed by atoms with Crippen LogP contribution in [0, 0.1) is 5.92 Å². The fourth-order valence-corrected chi connectivity index (χ4v) is 4.18. The Balaban J connectivity index is 0.00000161. The van der Waals surface area contributed by atoms with E-state index in [0.29, 0.717) is 17.1 Å². The van der Waals surface area contributed by atoms with E-state index in [1.54, 1.807) is 0 Å². The van der Waals surface area contributed by atoms with E-state index in [9.17, 15) is 4.79 Å². The van der Waals surface area contributed by atoms with E-state index in [1.165, 1.54) is 37.0 Å². The van der Waals surface area contributed by atoms with Crippen molar-refractivity contribution in [2.75, 3.05) is 5.32 Å². The Morgan fingerprint density at radius 1 is 1.38 bits per heavy atom. The molecule has 1 saturated heterocycles. The summed E-state index contributed by atoms with van der Waals surface area (Å²) in [5.74, 6) is 0.739. The van der Waals surface area contributed by atoms with Gasteiger partial charge in [0.2, 0.25) is 11.0 Å². The van der Waals surface area contributed by atoms with Crippen LogP contribution < -0.4 is 10.6 Å². The number of nitrogens with zero attached hydrogens (tertiary/aromatic N) is 2. The highest BCUT2D eigenvalue weighted by Gasteiger charge is 2.38. The molecule has 1 aromatic heterocycles. The molecule has 1 saturated carbocycles. The first-order chi connectivity index (χ1) is 9.76. The molecule has 7 heteroatoms. The van der Waals surface area contributed by atoms with E-state index in [0.717, 1.165) is 24.3 Å². The summed E-state index contributed by atoms with van der Waals surface area (Å²) in [5, 5.41) is 16.2. The van der Waals surface area contributed by atoms with Crippen LogP contribution in [0.25, 0.3) is 0 Å². The van der Waals surface area contributed by atoms with Crippen LogP contribution in [0.1, 0.15) is 50.5 Å². The predicted octanol–water partition coefficient (Wildman–Crippen LogP) is 2.77. The van der Waals surface area contributed by atoms with Crippen LogP contribution in [0.2, 0.25) is 0 Å². The quantitative estimate of drug-likeness (QED) is 0.890. The fourth-order valence-electron chi connectivity index (χ4n) is 3.33. The van der Waals surface area contributed by atoms with Crippen LogP contribution >= 0.6 is 23.7 Å². The number of anilines is 1. The summed E-state index contributed by atoms with van der Waals surface area (Å²) >= 11 is 1.49. The van der Waals surface area contributed by atoms with E-state index in [1.807, 2.05) is 0 Å². The zero-order chi connectivity index (χ0) is 13.9. The van der Waals surface area contributed by atoms with Gasteiger partial charge in [-0.25, -0.2) is 0 Å². The molecule has 3 rings (SSSR count). The maximum atomic E-state index is 12.3. The normalized spacial score (nSPS) is 27.8. The Bertz CT molecular complexity index is 467. The molecule has 2 N–H and O–H groups in total. The zero-order valence-electron chi connectivity index (χ0n) is 12.3. The molecule has 2 aliphatic rings. The first-order valence-corrected chi connectivity index (χ1v) is 8.47. The number of halogens is 1. The lowest BCUT2D eigenvalue weighted by atomic mass is 9.85. The maximum absolute atomic E-state index is 12.3. The molecule has 5 nitrogen and oxygen atoms in total. The van der Waals surface area contributed by atoms with Gasteiger partial charge < -0.3 is 5.32 Å². The van der Waals surface area contributed by atoms with Crippen molar-refractivity contribution in [3.05, 3.63) is 5.01 Å². The number of hydrogen-bond donors (Lipinski definition) is 2. The largest absolute Gasteiger partial charge is 0.303 e. The second kappa shape index (κ2) is 7.51. The minimum atomic E-state index is -0.0541. The number of amides is 1. The number of rotatable bonds is 4. The van der Waals surface area contributed by atoms with Gasteiger partial charge in [-0.2, -0.15) is 0 Å². The van der Waals surface area contributed by atoms with Gasteiger partial charge in [0, 0.05) is 12.5 Å². The molecule has 118 valence electrons. The third kappa shape index (κ3) is 3.93. The molecule has 1 amide bonds. The highest BCUT2D eigenvalue weighted by molar-refractivity contribution is 7.15. The average Bonchev–Trinajstić information content (AvgIpc) is 3.05. The van der Waals surface area contributed by atoms with Gasteiger partial charge in [0.1, 0.15) is 5.01 Å². The summed E-state index contributed by atoms with van der Waals surface area (Å²) in [6, 6.07) is 0.492. The summed E-state index contributed by atoms with van der Waals surface area (Å²) < 4.78 is 0. The first-order valence-electron chi connectivity index (χ1n) is 7.65. The molecule has 1 aromatic rings. The Kier molecular flexibility index (Phi) is 5.96. The van der Waals surface area contributed by atoms with E-state index >= 15 is 0 Å². The standard InChI is InChI=1S/C14H22N4OS.ClH/c1-2-5-12-17-18-14(20-12)16-13(19)11-8-9-6-3-4-7-10(9)15-11;/h9-11,15H,2-8H2,1H3,(H,16,18,19);1H. The summed E-state index contributed by atoms with van der Waals surface area (Å²) in [6.07, 6.45) is 8.04. The molecule has 0 radical (unpaired) electrons. The molecule has 3 atom stereocenters. The van der Waals surface area contributed by atoms with Gasteiger partial charge >= 0.3 is 0 Å². The van der Waals surface area contributed by atoms with Crippen molar-refractivity contribution in [2.24, 2.45) is 5.92 Å². The van der Waals surface area contributed by atoms with Gasteiger partial charge in [-0.1, -0.05) is 31.1 Å². The summed E-state index contributed by atoms with van der Waals surface area (Å²) in [7, 11) is 0. The third-order valence-corrected chi connectivity index (χ3v) is 5.24. The maximum Gasteiger partial charge on any atom is 0.243 e. The smallest absolute Gasteiger partial charge is 0.243 e. The van der Waals surface area contributed by atoms with Crippen LogP contribution in [0.4, 0.5) is 5.13 Å². The van der Waals surface area contributed by atoms with Gasteiger partial charge in [-0.05, 0) is 31.6 Å². The molecule has 3 unspecified atom stereocenters. The monoisotopic (exact) mass is 330 g/mol. The lowest BCUT2D eigenvalue weighted by Crippen LogP contribution is -2.39. The highest BCUT2D eigenvalue weighted by atomic mass is 35.5. The van der Waals surface area contributed by atoms with E-state index in [-0.39, 0.29) is 24.4 Å². The topological polar surface area (TPSA) is 66.9 Å². The van der Waals surface area contributed by atoms with Crippen molar-refractivity contribution in [1.29, 1.82) is 0 Å². The van der Waals surface area contributed by atoms with Crippen LogP contribution in [-0.4, -0.2) is 28.2 Å². The minimum Gasteiger partial charge on any atom is -0.303 e. The minimum absolute atomic E-state index is 0. The van der Waals surface area contributed by atoms with Crippen molar-refractivity contribution in [2.45, 2.75) is 64.0 Å². The Morgan fingerprint density at radius 3 is 2.95 bits per heavy atom. The van der Waals surface area contributed by atoms with Gasteiger partial charge in [0.15, 0.2) is 0 Å². The zero-order valence-corrected chi connectivity index (χ0v) is 13.9. The van der Waals surface area contributed by atoms with E-state index in [2.05, 4.69) is 27.8 Å². The van der Waals surface area contributed by atoms with E-state index < -0.39 is 0 Å². The molecule has 2 fully saturated rings. The number of carbonyl (C=O) groups excluding carboxylic acids is 1. The van der Waals surface area contributed by atoms with Crippen molar-refractivity contribution in [3.8, 4) is 0 Å². The average molecular weight is 331 g/mol. The van der Waals surface area contributed by atoms with Crippen LogP contribution in [-0.2, 0) is 11.2 Å². The molecule has 1 aliphatic heterocycles. The SMILES string of the molecule is CCCc1nnc(NC(=O)C2CC3CCCCC3N2)s1.Cl. The van der Waals surface area contributed by atoms with Crippen molar-refractivity contribution < 1.29 is 4.79 Å². The Morgan fingerprint density at radius 2 is 2.19 bits per heavy atom. The van der Waals surface area contributed by atoms with Crippen molar-refractivity contribution in [1.82, 2.24) is 15.5 Å². The molecular weight excluding hydrogens is 308 g/mol. The molecule has 0 aromatic carbocycles. The first kappa shape index (κ1) is 16.6. The number of carbonyl (C=O) groups is 1. The number of aryl methyl sites for hydroxylation is 1. The van der Waals surface area contributed by atoms with Gasteiger partial charge in [0.25, 0.3) is 0 Å². The second-order valence-electron chi connectivity index (χ2n) is 5.85. The Hall–Kier alpha value is -0.720. The summed E-state index contributed by atoms with van der Waals surface area (Å²) in [5.41, 5.74) is 0. The predicted molar refractivity (Wildman–Crippen MR) is 87.1 cm³/mol. The molecule has 21 heavy (non-hydrogen) atoms. The molecule has 0 bridgehead atoms. The van der Waals surface area contributed by atoms with E-state index in [4.69, 9.17) is 0 Å². The highest BCUT2D eigenvalue weighted by Crippen LogP contribution is 2.33.